The molecule has 0 aliphatic carbocycles. The van der Waals surface area contributed by atoms with E-state index in [4.69, 9.17) is 0 Å². The van der Waals surface area contributed by atoms with E-state index < -0.39 is 18.3 Å². The van der Waals surface area contributed by atoms with Crippen LogP contribution in [0, 0.1) is 6.92 Å². The van der Waals surface area contributed by atoms with Gasteiger partial charge in [0.2, 0.25) is 0 Å². The van der Waals surface area contributed by atoms with Crippen molar-refractivity contribution >= 4 is 17.4 Å². The van der Waals surface area contributed by atoms with Gasteiger partial charge in [-0.1, -0.05) is 42.0 Å². The molecule has 0 bridgehead atoms. The first kappa shape index (κ1) is 17.1. The number of amides is 1. The Bertz CT molecular complexity index is 803. The number of aryl methyl sites for hydroxylation is 2. The predicted molar refractivity (Wildman–Crippen MR) is 89.3 cm³/mol. The summed E-state index contributed by atoms with van der Waals surface area (Å²) in [5, 5.41) is 0. The summed E-state index contributed by atoms with van der Waals surface area (Å²) < 4.78 is 29.9. The van der Waals surface area contributed by atoms with Crippen LogP contribution < -0.4 is 9.64 Å². The molecule has 1 aliphatic rings. The molecule has 0 saturated heterocycles. The molecule has 130 valence electrons. The van der Waals surface area contributed by atoms with Crippen LogP contribution in [0.1, 0.15) is 27.9 Å². The van der Waals surface area contributed by atoms with Crippen LogP contribution >= 0.6 is 0 Å². The Balaban J connectivity index is 1.95. The van der Waals surface area contributed by atoms with Crippen LogP contribution in [-0.2, 0) is 11.2 Å². The van der Waals surface area contributed by atoms with Gasteiger partial charge in [0, 0.05) is 12.1 Å². The number of hydrogen-bond donors (Lipinski definition) is 0. The van der Waals surface area contributed by atoms with Crippen LogP contribution in [-0.4, -0.2) is 24.8 Å². The van der Waals surface area contributed by atoms with Crippen LogP contribution in [0.5, 0.6) is 5.75 Å². The Labute approximate surface area is 144 Å². The van der Waals surface area contributed by atoms with Crippen molar-refractivity contribution in [1.82, 2.24) is 0 Å². The molecule has 0 atom stereocenters. The summed E-state index contributed by atoms with van der Waals surface area (Å²) in [4.78, 5) is 26.5. The quantitative estimate of drug-likeness (QED) is 0.626. The molecule has 6 heteroatoms. The topological polar surface area (TPSA) is 46.6 Å². The highest BCUT2D eigenvalue weighted by molar-refractivity contribution is 6.47. The SMILES string of the molecule is Cc1ccc(C(=O)C(=O)N2CCCc3cccc(OC(F)F)c32)cc1. The number of carbonyl (C=O) groups is 2. The van der Waals surface area contributed by atoms with Crippen molar-refractivity contribution in [2.45, 2.75) is 26.4 Å². The van der Waals surface area contributed by atoms with E-state index in [0.717, 1.165) is 11.1 Å². The second kappa shape index (κ2) is 7.01. The van der Waals surface area contributed by atoms with E-state index in [1.54, 1.807) is 36.4 Å². The summed E-state index contributed by atoms with van der Waals surface area (Å²) in [5.41, 5.74) is 2.23. The normalized spacial score (nSPS) is 13.5. The summed E-state index contributed by atoms with van der Waals surface area (Å²) in [6, 6.07) is 11.4. The zero-order valence-electron chi connectivity index (χ0n) is 13.7. The Kier molecular flexibility index (Phi) is 4.79. The van der Waals surface area contributed by atoms with Crippen LogP contribution in [0.25, 0.3) is 0 Å². The number of Topliss-reactive ketones (excluding diaryl/α,β-unsaturated/α-hetero) is 1. The molecule has 1 heterocycles. The molecule has 2 aromatic rings. The monoisotopic (exact) mass is 345 g/mol. The highest BCUT2D eigenvalue weighted by atomic mass is 19.3. The van der Waals surface area contributed by atoms with Crippen molar-refractivity contribution < 1.29 is 23.1 Å². The number of hydrogen-bond acceptors (Lipinski definition) is 3. The van der Waals surface area contributed by atoms with Crippen molar-refractivity contribution in [2.24, 2.45) is 0 Å². The van der Waals surface area contributed by atoms with Crippen molar-refractivity contribution in [2.75, 3.05) is 11.4 Å². The number of ether oxygens (including phenoxy) is 1. The highest BCUT2D eigenvalue weighted by Gasteiger charge is 2.31. The molecule has 2 aromatic carbocycles. The summed E-state index contributed by atoms with van der Waals surface area (Å²) in [7, 11) is 0. The molecule has 3 rings (SSSR count). The lowest BCUT2D eigenvalue weighted by Crippen LogP contribution is -2.40. The van der Waals surface area contributed by atoms with Gasteiger partial charge in [-0.05, 0) is 31.4 Å². The maximum Gasteiger partial charge on any atom is 0.387 e. The van der Waals surface area contributed by atoms with E-state index in [1.807, 2.05) is 6.92 Å². The average molecular weight is 345 g/mol. The number of anilines is 1. The Morgan fingerprint density at radius 1 is 1.12 bits per heavy atom. The van der Waals surface area contributed by atoms with Gasteiger partial charge in [0.1, 0.15) is 5.75 Å². The summed E-state index contributed by atoms with van der Waals surface area (Å²) in [6.07, 6.45) is 1.29. The van der Waals surface area contributed by atoms with Gasteiger partial charge in [0.25, 0.3) is 11.7 Å². The number of halogens is 2. The van der Waals surface area contributed by atoms with E-state index in [-0.39, 0.29) is 23.5 Å². The van der Waals surface area contributed by atoms with Crippen molar-refractivity contribution in [3.8, 4) is 5.75 Å². The fourth-order valence-corrected chi connectivity index (χ4v) is 2.96. The van der Waals surface area contributed by atoms with E-state index in [1.165, 1.54) is 11.0 Å². The van der Waals surface area contributed by atoms with E-state index >= 15 is 0 Å². The molecular formula is C19H17F2NO3. The van der Waals surface area contributed by atoms with Crippen molar-refractivity contribution in [1.29, 1.82) is 0 Å². The van der Waals surface area contributed by atoms with E-state index in [2.05, 4.69) is 4.74 Å². The lowest BCUT2D eigenvalue weighted by Gasteiger charge is -2.30. The van der Waals surface area contributed by atoms with Crippen LogP contribution in [0.4, 0.5) is 14.5 Å². The summed E-state index contributed by atoms with van der Waals surface area (Å²) in [5.74, 6) is -1.49. The van der Waals surface area contributed by atoms with Gasteiger partial charge in [0.15, 0.2) is 0 Å². The molecule has 25 heavy (non-hydrogen) atoms. The largest absolute Gasteiger partial charge is 0.433 e. The first-order chi connectivity index (χ1) is 12.0. The van der Waals surface area contributed by atoms with E-state index in [0.29, 0.717) is 12.8 Å². The van der Waals surface area contributed by atoms with Crippen LogP contribution in [0.2, 0.25) is 0 Å². The number of ketones is 1. The lowest BCUT2D eigenvalue weighted by molar-refractivity contribution is -0.114. The van der Waals surface area contributed by atoms with Crippen molar-refractivity contribution in [3.63, 3.8) is 0 Å². The molecule has 0 saturated carbocycles. The minimum atomic E-state index is -3.00. The van der Waals surface area contributed by atoms with Gasteiger partial charge in [-0.2, -0.15) is 8.78 Å². The fraction of sp³-hybridized carbons (Fsp3) is 0.263. The molecule has 1 aliphatic heterocycles. The van der Waals surface area contributed by atoms with Gasteiger partial charge < -0.3 is 9.64 Å². The maximum atomic E-state index is 12.7. The average Bonchev–Trinajstić information content (AvgIpc) is 2.60. The minimum Gasteiger partial charge on any atom is -0.433 e. The fourth-order valence-electron chi connectivity index (χ4n) is 2.96. The highest BCUT2D eigenvalue weighted by Crippen LogP contribution is 2.37. The molecule has 0 radical (unpaired) electrons. The molecule has 0 spiro atoms. The number of carbonyl (C=O) groups excluding carboxylic acids is 2. The maximum absolute atomic E-state index is 12.7. The number of rotatable bonds is 4. The zero-order chi connectivity index (χ0) is 18.0. The summed E-state index contributed by atoms with van der Waals surface area (Å²) in [6.45, 7) is -0.837. The summed E-state index contributed by atoms with van der Waals surface area (Å²) >= 11 is 0. The van der Waals surface area contributed by atoms with Crippen LogP contribution in [0.3, 0.4) is 0 Å². The van der Waals surface area contributed by atoms with Crippen molar-refractivity contribution in [3.05, 3.63) is 59.2 Å². The zero-order valence-corrected chi connectivity index (χ0v) is 13.7. The van der Waals surface area contributed by atoms with Gasteiger partial charge in [0.05, 0.1) is 5.69 Å². The minimum absolute atomic E-state index is 0.0859. The third-order valence-corrected chi connectivity index (χ3v) is 4.15. The third kappa shape index (κ3) is 3.52. The standard InChI is InChI=1S/C19H17F2NO3/c1-12-7-9-14(10-8-12)17(23)18(24)22-11-3-5-13-4-2-6-15(16(13)22)25-19(20)21/h2,4,6-10,19H,3,5,11H2,1H3. The van der Waals surface area contributed by atoms with Gasteiger partial charge in [-0.15, -0.1) is 0 Å². The van der Waals surface area contributed by atoms with Gasteiger partial charge >= 0.3 is 6.61 Å². The molecule has 0 fully saturated rings. The second-order valence-corrected chi connectivity index (χ2v) is 5.90. The molecule has 4 nitrogen and oxygen atoms in total. The Morgan fingerprint density at radius 3 is 2.52 bits per heavy atom. The number of nitrogens with zero attached hydrogens (tertiary/aromatic N) is 1. The number of benzene rings is 2. The number of alkyl halides is 2. The smallest absolute Gasteiger partial charge is 0.387 e. The molecule has 0 N–H and O–H groups in total. The number of para-hydroxylation sites is 1. The Hall–Kier alpha value is -2.76. The predicted octanol–water partition coefficient (Wildman–Crippen LogP) is 3.76. The first-order valence-corrected chi connectivity index (χ1v) is 7.97. The molecule has 0 aromatic heterocycles. The van der Waals surface area contributed by atoms with Gasteiger partial charge in [-0.3, -0.25) is 9.59 Å². The number of fused-ring (bicyclic) bond motifs is 1. The Morgan fingerprint density at radius 2 is 1.84 bits per heavy atom. The molecule has 1 amide bonds. The molecular weight excluding hydrogens is 328 g/mol. The van der Waals surface area contributed by atoms with Crippen LogP contribution in [0.15, 0.2) is 42.5 Å². The lowest BCUT2D eigenvalue weighted by atomic mass is 9.99. The molecule has 0 unspecified atom stereocenters. The second-order valence-electron chi connectivity index (χ2n) is 5.90. The third-order valence-electron chi connectivity index (χ3n) is 4.15. The first-order valence-electron chi connectivity index (χ1n) is 7.97. The van der Waals surface area contributed by atoms with E-state index in [9.17, 15) is 18.4 Å². The van der Waals surface area contributed by atoms with Gasteiger partial charge in [-0.25, -0.2) is 0 Å².